The highest BCUT2D eigenvalue weighted by Crippen LogP contribution is 2.45. The molecule has 1 fully saturated rings. The van der Waals surface area contributed by atoms with Gasteiger partial charge in [0.15, 0.2) is 0 Å². The molecule has 0 unspecified atom stereocenters. The fourth-order valence-corrected chi connectivity index (χ4v) is 4.74. The van der Waals surface area contributed by atoms with Crippen molar-refractivity contribution in [2.45, 2.75) is 17.9 Å². The van der Waals surface area contributed by atoms with Crippen molar-refractivity contribution in [2.24, 2.45) is 5.92 Å². The molecule has 0 N–H and O–H groups in total. The zero-order chi connectivity index (χ0) is 18.8. The number of amides is 1. The van der Waals surface area contributed by atoms with Gasteiger partial charge in [-0.2, -0.15) is 0 Å². The molecule has 27 heavy (non-hydrogen) atoms. The van der Waals surface area contributed by atoms with Gasteiger partial charge < -0.3 is 4.90 Å². The number of hydrogen-bond donors (Lipinski definition) is 0. The van der Waals surface area contributed by atoms with Gasteiger partial charge in [0.25, 0.3) is 0 Å². The highest BCUT2D eigenvalue weighted by atomic mass is 79.9. The first-order valence-electron chi connectivity index (χ1n) is 8.96. The third kappa shape index (κ3) is 3.83. The number of carbonyl (C=O) groups is 1. The van der Waals surface area contributed by atoms with E-state index in [2.05, 4.69) is 59.3 Å². The molecule has 0 aliphatic carbocycles. The molecule has 1 saturated heterocycles. The predicted molar refractivity (Wildman–Crippen MR) is 116 cm³/mol. The largest absolute Gasteiger partial charge is 0.304 e. The van der Waals surface area contributed by atoms with E-state index in [0.717, 1.165) is 15.9 Å². The minimum Gasteiger partial charge on any atom is -0.304 e. The number of rotatable bonds is 5. The lowest BCUT2D eigenvalue weighted by Crippen LogP contribution is -2.56. The van der Waals surface area contributed by atoms with Crippen molar-refractivity contribution in [3.05, 3.63) is 94.5 Å². The first kappa shape index (κ1) is 18.3. The minimum atomic E-state index is -0.0117. The lowest BCUT2D eigenvalue weighted by atomic mass is 9.83. The number of anilines is 1. The number of carbonyl (C=O) groups excluding carboxylic acids is 1. The maximum atomic E-state index is 13.0. The summed E-state index contributed by atoms with van der Waals surface area (Å²) in [6.07, 6.45) is 0. The van der Waals surface area contributed by atoms with Gasteiger partial charge in [0, 0.05) is 20.8 Å². The second-order valence-electron chi connectivity index (χ2n) is 6.77. The highest BCUT2D eigenvalue weighted by Gasteiger charge is 2.48. The Morgan fingerprint density at radius 2 is 1.59 bits per heavy atom. The van der Waals surface area contributed by atoms with Crippen molar-refractivity contribution in [3.63, 3.8) is 0 Å². The number of benzene rings is 3. The Balaban J connectivity index is 1.58. The van der Waals surface area contributed by atoms with E-state index in [9.17, 15) is 4.79 Å². The lowest BCUT2D eigenvalue weighted by Gasteiger charge is -2.47. The second kappa shape index (κ2) is 7.91. The molecular weight excluding hydrogens is 418 g/mol. The normalized spacial score (nSPS) is 19.0. The second-order valence-corrected chi connectivity index (χ2v) is 8.78. The monoisotopic (exact) mass is 437 g/mol. The average molecular weight is 438 g/mol. The maximum Gasteiger partial charge on any atom is 0.233 e. The Hall–Kier alpha value is -2.04. The molecule has 1 aliphatic rings. The number of hydrogen-bond acceptors (Lipinski definition) is 2. The summed E-state index contributed by atoms with van der Waals surface area (Å²) in [6, 6.07) is 26.9. The van der Waals surface area contributed by atoms with E-state index in [4.69, 9.17) is 0 Å². The fraction of sp³-hybridized carbons (Fsp3) is 0.174. The van der Waals surface area contributed by atoms with Crippen molar-refractivity contribution >= 4 is 39.3 Å². The quantitative estimate of drug-likeness (QED) is 0.347. The maximum absolute atomic E-state index is 13.0. The Bertz CT molecular complexity index is 925. The zero-order valence-corrected chi connectivity index (χ0v) is 17.4. The van der Waals surface area contributed by atoms with Gasteiger partial charge in [0.1, 0.15) is 0 Å². The van der Waals surface area contributed by atoms with Crippen LogP contribution in [0.25, 0.3) is 0 Å². The van der Waals surface area contributed by atoms with Crippen LogP contribution in [0.3, 0.4) is 0 Å². The summed E-state index contributed by atoms with van der Waals surface area (Å²) in [5.41, 5.74) is 3.37. The molecule has 3 aromatic rings. The molecule has 2 atom stereocenters. The van der Waals surface area contributed by atoms with E-state index < -0.39 is 0 Å². The predicted octanol–water partition coefficient (Wildman–Crippen LogP) is 6.25. The smallest absolute Gasteiger partial charge is 0.233 e. The van der Waals surface area contributed by atoms with Crippen molar-refractivity contribution in [1.82, 2.24) is 0 Å². The van der Waals surface area contributed by atoms with Crippen LogP contribution >= 0.6 is 27.7 Å². The summed E-state index contributed by atoms with van der Waals surface area (Å²) >= 11 is 5.22. The summed E-state index contributed by atoms with van der Waals surface area (Å²) in [6.45, 7) is 2.06. The summed E-state index contributed by atoms with van der Waals surface area (Å²) in [5.74, 6) is 0.974. The molecule has 0 saturated carbocycles. The Morgan fingerprint density at radius 1 is 0.926 bits per heavy atom. The molecule has 1 amide bonds. The Kier molecular flexibility index (Phi) is 5.37. The van der Waals surface area contributed by atoms with Gasteiger partial charge in [-0.15, -0.1) is 11.8 Å². The van der Waals surface area contributed by atoms with Crippen LogP contribution in [0, 0.1) is 12.8 Å². The number of aryl methyl sites for hydroxylation is 1. The van der Waals surface area contributed by atoms with Gasteiger partial charge in [0.05, 0.1) is 12.0 Å². The number of β-lactam (4-membered cyclic amide) rings is 1. The molecule has 1 aliphatic heterocycles. The van der Waals surface area contributed by atoms with E-state index >= 15 is 0 Å². The first-order valence-corrected chi connectivity index (χ1v) is 10.7. The molecule has 1 heterocycles. The molecule has 4 heteroatoms. The van der Waals surface area contributed by atoms with Gasteiger partial charge in [-0.3, -0.25) is 4.79 Å². The Labute approximate surface area is 172 Å². The fourth-order valence-electron chi connectivity index (χ4n) is 3.45. The summed E-state index contributed by atoms with van der Waals surface area (Å²) in [7, 11) is 0. The third-order valence-corrected chi connectivity index (χ3v) is 6.57. The van der Waals surface area contributed by atoms with E-state index in [0.29, 0.717) is 0 Å². The topological polar surface area (TPSA) is 20.3 Å². The molecule has 0 bridgehead atoms. The molecule has 136 valence electrons. The van der Waals surface area contributed by atoms with Crippen LogP contribution in [0.4, 0.5) is 5.69 Å². The van der Waals surface area contributed by atoms with Crippen molar-refractivity contribution in [3.8, 4) is 0 Å². The van der Waals surface area contributed by atoms with Crippen LogP contribution in [0.5, 0.6) is 0 Å². The molecule has 2 nitrogen and oxygen atoms in total. The van der Waals surface area contributed by atoms with Crippen molar-refractivity contribution in [1.29, 1.82) is 0 Å². The summed E-state index contributed by atoms with van der Waals surface area (Å²) < 4.78 is 1.07. The first-order chi connectivity index (χ1) is 13.1. The Morgan fingerprint density at radius 3 is 2.26 bits per heavy atom. The number of nitrogens with zero attached hydrogens (tertiary/aromatic N) is 1. The van der Waals surface area contributed by atoms with E-state index in [-0.39, 0.29) is 17.9 Å². The van der Waals surface area contributed by atoms with Crippen LogP contribution in [0.1, 0.15) is 17.2 Å². The van der Waals surface area contributed by atoms with Gasteiger partial charge in [0.2, 0.25) is 5.91 Å². The molecular formula is C23H20BrNOS. The van der Waals surface area contributed by atoms with Gasteiger partial charge in [-0.1, -0.05) is 64.0 Å². The molecule has 4 rings (SSSR count). The van der Waals surface area contributed by atoms with Crippen LogP contribution in [-0.2, 0) is 4.79 Å². The SMILES string of the molecule is Cc1ccc(N2C(=O)[C@@H](CSc3ccc(Br)cc3)[C@@H]2c2ccccc2)cc1. The number of halogens is 1. The zero-order valence-electron chi connectivity index (χ0n) is 15.0. The van der Waals surface area contributed by atoms with E-state index in [1.807, 2.05) is 47.4 Å². The van der Waals surface area contributed by atoms with Gasteiger partial charge in [-0.25, -0.2) is 0 Å². The molecule has 0 spiro atoms. The van der Waals surface area contributed by atoms with Gasteiger partial charge >= 0.3 is 0 Å². The molecule has 3 aromatic carbocycles. The summed E-state index contributed by atoms with van der Waals surface area (Å²) in [5, 5.41) is 0. The number of thioether (sulfide) groups is 1. The third-order valence-electron chi connectivity index (χ3n) is 4.91. The lowest BCUT2D eigenvalue weighted by molar-refractivity contribution is -0.129. The van der Waals surface area contributed by atoms with Crippen molar-refractivity contribution in [2.75, 3.05) is 10.7 Å². The summed E-state index contributed by atoms with van der Waals surface area (Å²) in [4.78, 5) is 16.1. The van der Waals surface area contributed by atoms with Crippen LogP contribution in [-0.4, -0.2) is 11.7 Å². The average Bonchev–Trinajstić information content (AvgIpc) is 2.69. The standard InChI is InChI=1S/C23H20BrNOS/c1-16-7-11-19(12-8-16)25-22(17-5-3-2-4-6-17)21(23(25)26)15-27-20-13-9-18(24)10-14-20/h2-14,21-22H,15H2,1H3/t21-,22-/m0/s1. The van der Waals surface area contributed by atoms with Crippen LogP contribution in [0.2, 0.25) is 0 Å². The van der Waals surface area contributed by atoms with Crippen LogP contribution < -0.4 is 4.90 Å². The minimum absolute atomic E-state index is 0.0117. The molecule has 0 aromatic heterocycles. The molecule has 0 radical (unpaired) electrons. The van der Waals surface area contributed by atoms with Crippen LogP contribution in [0.15, 0.2) is 88.2 Å². The highest BCUT2D eigenvalue weighted by molar-refractivity contribution is 9.10. The van der Waals surface area contributed by atoms with E-state index in [1.54, 1.807) is 11.8 Å². The van der Waals surface area contributed by atoms with Crippen molar-refractivity contribution < 1.29 is 4.79 Å². The van der Waals surface area contributed by atoms with E-state index in [1.165, 1.54) is 16.0 Å². The van der Waals surface area contributed by atoms with Gasteiger partial charge in [-0.05, 0) is 48.9 Å².